The van der Waals surface area contributed by atoms with Crippen molar-refractivity contribution in [2.75, 3.05) is 24.5 Å². The Bertz CT molecular complexity index is 1010. The molecular weight excluding hydrogens is 515 g/mol. The summed E-state index contributed by atoms with van der Waals surface area (Å²) in [6, 6.07) is 16.2. The Morgan fingerprint density at radius 3 is 2.69 bits per heavy atom. The molecule has 2 aromatic carbocycles. The molecule has 0 spiro atoms. The van der Waals surface area contributed by atoms with Crippen molar-refractivity contribution in [3.05, 3.63) is 59.9 Å². The number of rotatable bonds is 8. The van der Waals surface area contributed by atoms with Crippen molar-refractivity contribution >= 4 is 52.6 Å². The summed E-state index contributed by atoms with van der Waals surface area (Å²) in [5, 5.41) is 6.70. The number of benzene rings is 2. The zero-order chi connectivity index (χ0) is 21.5. The fourth-order valence-electron chi connectivity index (χ4n) is 3.80. The van der Waals surface area contributed by atoms with Gasteiger partial charge in [0, 0.05) is 38.2 Å². The van der Waals surface area contributed by atoms with Gasteiger partial charge in [0.05, 0.1) is 17.6 Å². The van der Waals surface area contributed by atoms with Gasteiger partial charge < -0.3 is 20.5 Å². The Labute approximate surface area is 206 Å². The maximum atomic E-state index is 11.9. The molecule has 1 fully saturated rings. The molecule has 1 aliphatic heterocycles. The van der Waals surface area contributed by atoms with Crippen LogP contribution in [0.4, 0.5) is 5.69 Å². The first-order chi connectivity index (χ1) is 15.2. The second-order valence-corrected chi connectivity index (χ2v) is 7.74. The zero-order valence-electron chi connectivity index (χ0n) is 18.4. The lowest BCUT2D eigenvalue weighted by atomic mass is 10.2. The van der Waals surface area contributed by atoms with E-state index in [9.17, 15) is 4.79 Å². The normalized spacial score (nSPS) is 14.0. The van der Waals surface area contributed by atoms with Gasteiger partial charge in [0.15, 0.2) is 5.96 Å². The molecule has 0 atom stereocenters. The maximum Gasteiger partial charge on any atom is 0.227 e. The summed E-state index contributed by atoms with van der Waals surface area (Å²) >= 11 is 0. The summed E-state index contributed by atoms with van der Waals surface area (Å²) in [5.41, 5.74) is 4.20. The van der Waals surface area contributed by atoms with Crippen molar-refractivity contribution in [2.45, 2.75) is 39.2 Å². The molecule has 1 amide bonds. The van der Waals surface area contributed by atoms with Crippen LogP contribution in [0.1, 0.15) is 37.6 Å². The number of aromatic amines is 1. The molecule has 0 bridgehead atoms. The smallest absolute Gasteiger partial charge is 0.227 e. The van der Waals surface area contributed by atoms with Gasteiger partial charge in [-0.2, -0.15) is 0 Å². The summed E-state index contributed by atoms with van der Waals surface area (Å²) in [5.74, 6) is 2.04. The number of amides is 1. The van der Waals surface area contributed by atoms with E-state index in [1.807, 2.05) is 35.2 Å². The number of hydrogen-bond donors (Lipinski definition) is 3. The molecule has 32 heavy (non-hydrogen) atoms. The summed E-state index contributed by atoms with van der Waals surface area (Å²) in [7, 11) is 0. The third-order valence-corrected chi connectivity index (χ3v) is 5.41. The van der Waals surface area contributed by atoms with E-state index < -0.39 is 0 Å². The number of para-hydroxylation sites is 2. The lowest BCUT2D eigenvalue weighted by Crippen LogP contribution is -2.37. The number of anilines is 1. The number of hydrogen-bond acceptors (Lipinski definition) is 3. The lowest BCUT2D eigenvalue weighted by Gasteiger charge is -2.16. The van der Waals surface area contributed by atoms with Crippen molar-refractivity contribution in [2.24, 2.45) is 4.99 Å². The van der Waals surface area contributed by atoms with Crippen molar-refractivity contribution in [3.8, 4) is 0 Å². The maximum absolute atomic E-state index is 11.9. The van der Waals surface area contributed by atoms with Gasteiger partial charge in [-0.15, -0.1) is 24.0 Å². The van der Waals surface area contributed by atoms with Crippen LogP contribution in [0.25, 0.3) is 11.0 Å². The van der Waals surface area contributed by atoms with Crippen molar-refractivity contribution in [1.82, 2.24) is 20.6 Å². The molecule has 0 unspecified atom stereocenters. The van der Waals surface area contributed by atoms with E-state index in [0.29, 0.717) is 13.0 Å². The number of guanidine groups is 1. The van der Waals surface area contributed by atoms with Gasteiger partial charge >= 0.3 is 0 Å². The number of nitrogens with one attached hydrogen (secondary N) is 3. The van der Waals surface area contributed by atoms with E-state index in [4.69, 9.17) is 4.99 Å². The van der Waals surface area contributed by atoms with Crippen LogP contribution in [0, 0.1) is 0 Å². The topological polar surface area (TPSA) is 85.4 Å². The number of nitrogens with zero attached hydrogens (tertiary/aromatic N) is 3. The second kappa shape index (κ2) is 11.8. The minimum atomic E-state index is 0. The number of aromatic nitrogens is 2. The predicted molar refractivity (Wildman–Crippen MR) is 141 cm³/mol. The van der Waals surface area contributed by atoms with E-state index in [1.165, 1.54) is 0 Å². The van der Waals surface area contributed by atoms with E-state index in [-0.39, 0.29) is 29.9 Å². The van der Waals surface area contributed by atoms with E-state index in [1.54, 1.807) is 0 Å². The monoisotopic (exact) mass is 546 g/mol. The molecular formula is C24H31IN6O. The number of imidazole rings is 1. The molecule has 170 valence electrons. The van der Waals surface area contributed by atoms with E-state index in [0.717, 1.165) is 73.0 Å². The fourth-order valence-corrected chi connectivity index (χ4v) is 3.80. The average Bonchev–Trinajstić information content (AvgIpc) is 3.41. The van der Waals surface area contributed by atoms with E-state index in [2.05, 4.69) is 45.7 Å². The Kier molecular flexibility index (Phi) is 8.90. The Morgan fingerprint density at radius 1 is 1.16 bits per heavy atom. The molecule has 1 aromatic heterocycles. The number of fused-ring (bicyclic) bond motifs is 1. The molecule has 3 N–H and O–H groups in total. The highest BCUT2D eigenvalue weighted by Crippen LogP contribution is 2.21. The first kappa shape index (κ1) is 24.0. The number of halogens is 1. The first-order valence-electron chi connectivity index (χ1n) is 11.1. The fraction of sp³-hybridized carbons (Fsp3) is 0.375. The standard InChI is InChI=1S/C24H30N6O.HI/c1-2-25-24(26-15-5-9-22-28-20-7-3-4-8-21(20)29-22)27-17-18-11-13-19(14-12-18)30-16-6-10-23(30)31;/h3-4,7-8,11-14H,2,5-6,9-10,15-17H2,1H3,(H,28,29)(H2,25,26,27);1H. The summed E-state index contributed by atoms with van der Waals surface area (Å²) in [6.45, 7) is 5.10. The zero-order valence-corrected chi connectivity index (χ0v) is 20.8. The van der Waals surface area contributed by atoms with Crippen LogP contribution in [-0.2, 0) is 17.8 Å². The molecule has 0 radical (unpaired) electrons. The third kappa shape index (κ3) is 6.21. The van der Waals surface area contributed by atoms with Gasteiger partial charge in [0.1, 0.15) is 5.82 Å². The lowest BCUT2D eigenvalue weighted by molar-refractivity contribution is -0.117. The number of H-pyrrole nitrogens is 1. The minimum Gasteiger partial charge on any atom is -0.357 e. The SMILES string of the molecule is CCNC(=NCc1ccc(N2CCCC2=O)cc1)NCCCc1nc2ccccc2[nH]1.I. The molecule has 7 nitrogen and oxygen atoms in total. The van der Waals surface area contributed by atoms with Crippen LogP contribution in [0.15, 0.2) is 53.5 Å². The van der Waals surface area contributed by atoms with Gasteiger partial charge in [0.25, 0.3) is 0 Å². The second-order valence-electron chi connectivity index (χ2n) is 7.74. The summed E-state index contributed by atoms with van der Waals surface area (Å²) in [6.07, 6.45) is 3.44. The number of aryl methyl sites for hydroxylation is 1. The number of carbonyl (C=O) groups is 1. The summed E-state index contributed by atoms with van der Waals surface area (Å²) in [4.78, 5) is 26.4. The molecule has 0 aliphatic carbocycles. The van der Waals surface area contributed by atoms with Crippen LogP contribution >= 0.6 is 24.0 Å². The van der Waals surface area contributed by atoms with Crippen molar-refractivity contribution < 1.29 is 4.79 Å². The average molecular weight is 546 g/mol. The molecule has 8 heteroatoms. The van der Waals surface area contributed by atoms with Crippen LogP contribution in [0.5, 0.6) is 0 Å². The first-order valence-corrected chi connectivity index (χ1v) is 11.1. The molecule has 1 aliphatic rings. The summed E-state index contributed by atoms with van der Waals surface area (Å²) < 4.78 is 0. The number of aliphatic imine (C=N–C) groups is 1. The number of carbonyl (C=O) groups excluding carboxylic acids is 1. The molecule has 4 rings (SSSR count). The van der Waals surface area contributed by atoms with E-state index >= 15 is 0 Å². The van der Waals surface area contributed by atoms with Gasteiger partial charge in [-0.25, -0.2) is 9.98 Å². The molecule has 0 saturated carbocycles. The van der Waals surface area contributed by atoms with Crippen molar-refractivity contribution in [3.63, 3.8) is 0 Å². The van der Waals surface area contributed by atoms with Crippen molar-refractivity contribution in [1.29, 1.82) is 0 Å². The van der Waals surface area contributed by atoms with Gasteiger partial charge in [0.2, 0.25) is 5.91 Å². The highest BCUT2D eigenvalue weighted by Gasteiger charge is 2.21. The van der Waals surface area contributed by atoms with Gasteiger partial charge in [-0.05, 0) is 49.6 Å². The minimum absolute atomic E-state index is 0. The molecule has 2 heterocycles. The predicted octanol–water partition coefficient (Wildman–Crippen LogP) is 4.00. The molecule has 1 saturated heterocycles. The third-order valence-electron chi connectivity index (χ3n) is 5.41. The van der Waals surface area contributed by atoms with Gasteiger partial charge in [-0.1, -0.05) is 24.3 Å². The Morgan fingerprint density at radius 2 is 1.97 bits per heavy atom. The highest BCUT2D eigenvalue weighted by atomic mass is 127. The Hall–Kier alpha value is -2.62. The van der Waals surface area contributed by atoms with Gasteiger partial charge in [-0.3, -0.25) is 4.79 Å². The van der Waals surface area contributed by atoms with Crippen LogP contribution < -0.4 is 15.5 Å². The highest BCUT2D eigenvalue weighted by molar-refractivity contribution is 14.0. The quantitative estimate of drug-likeness (QED) is 0.173. The van der Waals surface area contributed by atoms with Crippen LogP contribution in [-0.4, -0.2) is 41.5 Å². The Balaban J connectivity index is 0.00000289. The van der Waals surface area contributed by atoms with Crippen LogP contribution in [0.2, 0.25) is 0 Å². The van der Waals surface area contributed by atoms with Crippen LogP contribution in [0.3, 0.4) is 0 Å². The largest absolute Gasteiger partial charge is 0.357 e. The molecule has 3 aromatic rings.